The number of aliphatic imine (C=N–C) groups is 1. The van der Waals surface area contributed by atoms with Crippen LogP contribution in [0.3, 0.4) is 0 Å². The van der Waals surface area contributed by atoms with Crippen molar-refractivity contribution in [2.45, 2.75) is 50.8 Å². The van der Waals surface area contributed by atoms with Crippen LogP contribution in [0.2, 0.25) is 0 Å². The zero-order valence-electron chi connectivity index (χ0n) is 18.5. The van der Waals surface area contributed by atoms with Crippen LogP contribution in [0.5, 0.6) is 0 Å². The normalized spacial score (nSPS) is 18.6. The molecule has 2 aromatic rings. The molecule has 1 aromatic heterocycles. The number of carbonyl (C=O) groups excluding carboxylic acids is 2. The summed E-state index contributed by atoms with van der Waals surface area (Å²) in [7, 11) is 0. The third-order valence-corrected chi connectivity index (χ3v) is 6.67. The number of nitrogens with one attached hydrogen (secondary N) is 1. The van der Waals surface area contributed by atoms with Gasteiger partial charge in [0.2, 0.25) is 5.91 Å². The lowest BCUT2D eigenvalue weighted by Crippen LogP contribution is -2.29. The fraction of sp³-hybridized carbons (Fsp3) is 0.417. The van der Waals surface area contributed by atoms with E-state index in [0.29, 0.717) is 11.2 Å². The quantitative estimate of drug-likeness (QED) is 0.746. The fourth-order valence-electron chi connectivity index (χ4n) is 3.80. The molecule has 0 bridgehead atoms. The average Bonchev–Trinajstić information content (AvgIpc) is 3.13. The highest BCUT2D eigenvalue weighted by Crippen LogP contribution is 2.26. The molecular weight excluding hydrogens is 422 g/mol. The molecule has 1 atom stereocenters. The van der Waals surface area contributed by atoms with Gasteiger partial charge in [-0.2, -0.15) is 4.99 Å². The van der Waals surface area contributed by atoms with E-state index in [1.54, 1.807) is 0 Å². The molecule has 32 heavy (non-hydrogen) atoms. The molecule has 1 saturated heterocycles. The van der Waals surface area contributed by atoms with Gasteiger partial charge in [0.15, 0.2) is 5.17 Å². The van der Waals surface area contributed by atoms with Gasteiger partial charge in [-0.3, -0.25) is 9.59 Å². The summed E-state index contributed by atoms with van der Waals surface area (Å²) in [6.07, 6.45) is 7.72. The minimum atomic E-state index is -0.536. The highest BCUT2D eigenvalue weighted by Gasteiger charge is 2.30. The number of hydrogen-bond acceptors (Lipinski definition) is 5. The van der Waals surface area contributed by atoms with Crippen LogP contribution < -0.4 is 15.6 Å². The third-order valence-electron chi connectivity index (χ3n) is 5.63. The maximum Gasteiger partial charge on any atom is 0.262 e. The highest BCUT2D eigenvalue weighted by atomic mass is 32.2. The molecule has 8 heteroatoms. The number of rotatable bonds is 5. The molecule has 7 nitrogen and oxygen atoms in total. The number of aromatic nitrogens is 1. The van der Waals surface area contributed by atoms with Gasteiger partial charge in [-0.1, -0.05) is 11.8 Å². The first-order valence-corrected chi connectivity index (χ1v) is 12.0. The van der Waals surface area contributed by atoms with E-state index < -0.39 is 5.25 Å². The van der Waals surface area contributed by atoms with Gasteiger partial charge >= 0.3 is 0 Å². The van der Waals surface area contributed by atoms with Crippen LogP contribution in [0.15, 0.2) is 58.8 Å². The molecule has 1 N–H and O–H groups in total. The molecule has 1 unspecified atom stereocenters. The minimum absolute atomic E-state index is 0.0715. The molecule has 168 valence electrons. The highest BCUT2D eigenvalue weighted by molar-refractivity contribution is 8.15. The Morgan fingerprint density at radius 1 is 1.12 bits per heavy atom. The van der Waals surface area contributed by atoms with Crippen molar-refractivity contribution in [2.75, 3.05) is 23.3 Å². The Bertz CT molecular complexity index is 1050. The van der Waals surface area contributed by atoms with Crippen molar-refractivity contribution in [3.8, 4) is 0 Å². The first-order chi connectivity index (χ1) is 15.5. The van der Waals surface area contributed by atoms with Gasteiger partial charge in [-0.25, -0.2) is 4.99 Å². The molecule has 3 heterocycles. The zero-order chi connectivity index (χ0) is 22.5. The number of amidine groups is 1. The number of thioether (sulfide) groups is 1. The number of benzene rings is 1. The maximum absolute atomic E-state index is 12.5. The van der Waals surface area contributed by atoms with Crippen molar-refractivity contribution in [1.82, 2.24) is 4.57 Å². The van der Waals surface area contributed by atoms with Gasteiger partial charge in [-0.15, -0.1) is 0 Å². The summed E-state index contributed by atoms with van der Waals surface area (Å²) in [6.45, 7) is 6.37. The maximum atomic E-state index is 12.5. The standard InChI is InChI=1S/C24H29N5O2S/c1-17(2)28-14-10-19(11-15-28)26-24-27-23(31)21(32-24)16-22(30)25-18-6-8-20(9-7-18)29-12-4-3-5-13-29/h6-11,14-15,17,21H,3-5,12-13,16H2,1-2H3,(H,25,30). The fourth-order valence-corrected chi connectivity index (χ4v) is 4.74. The molecule has 2 amide bonds. The first kappa shape index (κ1) is 22.3. The summed E-state index contributed by atoms with van der Waals surface area (Å²) in [4.78, 5) is 35.6. The van der Waals surface area contributed by atoms with E-state index in [-0.39, 0.29) is 18.2 Å². The summed E-state index contributed by atoms with van der Waals surface area (Å²) in [6, 6.07) is 12.1. The van der Waals surface area contributed by atoms with Crippen molar-refractivity contribution < 1.29 is 9.59 Å². The molecule has 2 aliphatic rings. The van der Waals surface area contributed by atoms with Crippen LogP contribution in [0, 0.1) is 0 Å². The summed E-state index contributed by atoms with van der Waals surface area (Å²) in [5, 5.41) is 3.50. The lowest BCUT2D eigenvalue weighted by atomic mass is 10.1. The number of anilines is 2. The second-order valence-electron chi connectivity index (χ2n) is 8.40. The number of carbonyl (C=O) groups is 2. The predicted molar refractivity (Wildman–Crippen MR) is 130 cm³/mol. The molecule has 2 aliphatic heterocycles. The van der Waals surface area contributed by atoms with Crippen LogP contribution in [0.4, 0.5) is 11.4 Å². The van der Waals surface area contributed by atoms with E-state index in [0.717, 1.165) is 24.1 Å². The molecule has 0 spiro atoms. The molecule has 1 aromatic carbocycles. The SMILES string of the molecule is CC(C)n1ccc(=NC2=NC(=O)C(CC(=O)Nc3ccc(N4CCCCC4)cc3)S2)cc1. The van der Waals surface area contributed by atoms with Crippen molar-refractivity contribution in [1.29, 1.82) is 0 Å². The Labute approximate surface area is 192 Å². The largest absolute Gasteiger partial charge is 0.372 e. The van der Waals surface area contributed by atoms with Gasteiger partial charge in [0.25, 0.3) is 5.91 Å². The first-order valence-electron chi connectivity index (χ1n) is 11.1. The van der Waals surface area contributed by atoms with Crippen molar-refractivity contribution in [3.63, 3.8) is 0 Å². The number of hydrogen-bond donors (Lipinski definition) is 1. The smallest absolute Gasteiger partial charge is 0.262 e. The van der Waals surface area contributed by atoms with Gasteiger partial charge < -0.3 is 14.8 Å². The van der Waals surface area contributed by atoms with E-state index in [4.69, 9.17) is 0 Å². The molecule has 0 saturated carbocycles. The number of piperidine rings is 1. The van der Waals surface area contributed by atoms with Crippen LogP contribution in [0.1, 0.15) is 45.6 Å². The van der Waals surface area contributed by atoms with Crippen molar-refractivity contribution in [3.05, 3.63) is 54.1 Å². The molecule has 0 aliphatic carbocycles. The summed E-state index contributed by atoms with van der Waals surface area (Å²) >= 11 is 1.24. The summed E-state index contributed by atoms with van der Waals surface area (Å²) in [5.41, 5.74) is 1.92. The van der Waals surface area contributed by atoms with Crippen LogP contribution >= 0.6 is 11.8 Å². The Morgan fingerprint density at radius 3 is 2.47 bits per heavy atom. The molecule has 1 fully saturated rings. The zero-order valence-corrected chi connectivity index (χ0v) is 19.3. The van der Waals surface area contributed by atoms with Gasteiger partial charge in [0.05, 0.1) is 5.36 Å². The molecule has 0 radical (unpaired) electrons. The van der Waals surface area contributed by atoms with E-state index in [1.165, 1.54) is 36.7 Å². The predicted octanol–water partition coefficient (Wildman–Crippen LogP) is 3.99. The van der Waals surface area contributed by atoms with Crippen LogP contribution in [-0.4, -0.2) is 39.9 Å². The van der Waals surface area contributed by atoms with E-state index in [2.05, 4.69) is 38.6 Å². The number of amides is 2. The van der Waals surface area contributed by atoms with Crippen LogP contribution in [-0.2, 0) is 9.59 Å². The van der Waals surface area contributed by atoms with Gasteiger partial charge in [0, 0.05) is 49.3 Å². The minimum Gasteiger partial charge on any atom is -0.372 e. The molecular formula is C24H29N5O2S. The van der Waals surface area contributed by atoms with E-state index in [1.807, 2.05) is 48.8 Å². The summed E-state index contributed by atoms with van der Waals surface area (Å²) < 4.78 is 2.07. The summed E-state index contributed by atoms with van der Waals surface area (Å²) in [5.74, 6) is -0.506. The monoisotopic (exact) mass is 451 g/mol. The Morgan fingerprint density at radius 2 is 1.81 bits per heavy atom. The average molecular weight is 452 g/mol. The van der Waals surface area contributed by atoms with Crippen molar-refractivity contribution >= 4 is 40.1 Å². The lowest BCUT2D eigenvalue weighted by Gasteiger charge is -2.28. The Balaban J connectivity index is 1.31. The van der Waals surface area contributed by atoms with Crippen molar-refractivity contribution in [2.24, 2.45) is 9.98 Å². The van der Waals surface area contributed by atoms with E-state index in [9.17, 15) is 9.59 Å². The second kappa shape index (κ2) is 10.2. The van der Waals surface area contributed by atoms with Crippen LogP contribution in [0.25, 0.3) is 0 Å². The third kappa shape index (κ3) is 5.68. The van der Waals surface area contributed by atoms with Gasteiger partial charge in [0.1, 0.15) is 5.25 Å². The number of nitrogens with zero attached hydrogens (tertiary/aromatic N) is 4. The van der Waals surface area contributed by atoms with Gasteiger partial charge in [-0.05, 0) is 69.5 Å². The second-order valence-corrected chi connectivity index (χ2v) is 9.56. The topological polar surface area (TPSA) is 79.1 Å². The number of pyridine rings is 1. The Hall–Kier alpha value is -2.87. The molecule has 4 rings (SSSR count). The van der Waals surface area contributed by atoms with E-state index >= 15 is 0 Å². The Kier molecular flexibility index (Phi) is 7.09. The lowest BCUT2D eigenvalue weighted by molar-refractivity contribution is -0.121.